The molecule has 0 radical (unpaired) electrons. The molecular formula is C14H14IO4S-. The Hall–Kier alpha value is -0.960. The van der Waals surface area contributed by atoms with Gasteiger partial charge in [0.2, 0.25) is 0 Å². The van der Waals surface area contributed by atoms with Gasteiger partial charge in [-0.15, -0.1) is 0 Å². The summed E-state index contributed by atoms with van der Waals surface area (Å²) in [4.78, 5) is 0.158. The number of hydrogen-bond donors (Lipinski definition) is 0. The van der Waals surface area contributed by atoms with Gasteiger partial charge in [0.1, 0.15) is 0 Å². The van der Waals surface area contributed by atoms with Gasteiger partial charge in [0.25, 0.3) is 0 Å². The molecule has 0 saturated carbocycles. The molecule has 108 valence electrons. The van der Waals surface area contributed by atoms with Crippen molar-refractivity contribution >= 4 is 10.1 Å². The van der Waals surface area contributed by atoms with Crippen LogP contribution in [0.5, 0.6) is 0 Å². The van der Waals surface area contributed by atoms with Crippen molar-refractivity contribution in [2.24, 2.45) is 0 Å². The molecule has 0 heterocycles. The van der Waals surface area contributed by atoms with E-state index >= 15 is 0 Å². The van der Waals surface area contributed by atoms with Crippen molar-refractivity contribution in [3.05, 3.63) is 65.7 Å². The first-order valence-electron chi connectivity index (χ1n) is 5.89. The van der Waals surface area contributed by atoms with E-state index in [0.717, 1.165) is 11.1 Å². The topological polar surface area (TPSA) is 52.6 Å². The van der Waals surface area contributed by atoms with E-state index in [1.807, 2.05) is 37.3 Å². The van der Waals surface area contributed by atoms with Gasteiger partial charge in [-0.25, -0.2) is 0 Å². The fourth-order valence-corrected chi connectivity index (χ4v) is 4.10. The summed E-state index contributed by atoms with van der Waals surface area (Å²) in [5.41, 5.74) is 1.99. The minimum absolute atomic E-state index is 0.158. The first-order chi connectivity index (χ1) is 9.58. The van der Waals surface area contributed by atoms with Crippen molar-refractivity contribution in [3.63, 3.8) is 0 Å². The van der Waals surface area contributed by atoms with E-state index in [-0.39, 0.29) is 4.90 Å². The van der Waals surface area contributed by atoms with Crippen LogP contribution in [0, 0.1) is 6.92 Å². The second-order valence-electron chi connectivity index (χ2n) is 4.13. The average molecular weight is 405 g/mol. The van der Waals surface area contributed by atoms with Crippen LogP contribution in [0.3, 0.4) is 0 Å². The zero-order chi connectivity index (χ0) is 14.4. The van der Waals surface area contributed by atoms with Crippen LogP contribution in [0.25, 0.3) is 0 Å². The molecule has 0 aliphatic heterocycles. The first kappa shape index (κ1) is 15.4. The number of halogens is 1. The molecule has 0 aliphatic carbocycles. The standard InChI is InChI=1S/C14H14IO4S/c1-12-7-9-14(10-8-12)20(16,17)19-15-18-11-13-5-3-2-4-6-13/h2-10H,11H2,1H3/q-1. The summed E-state index contributed by atoms with van der Waals surface area (Å²) in [5.74, 6) is 0. The Bertz CT molecular complexity index is 639. The molecule has 0 N–H and O–H groups in total. The van der Waals surface area contributed by atoms with Gasteiger partial charge in [-0.2, -0.15) is 0 Å². The van der Waals surface area contributed by atoms with Crippen LogP contribution in [0.15, 0.2) is 59.5 Å². The van der Waals surface area contributed by atoms with E-state index < -0.39 is 32.2 Å². The maximum absolute atomic E-state index is 11.9. The third kappa shape index (κ3) is 4.55. The summed E-state index contributed by atoms with van der Waals surface area (Å²) in [5, 5.41) is 0. The third-order valence-electron chi connectivity index (χ3n) is 2.53. The van der Waals surface area contributed by atoms with Crippen LogP contribution in [0.2, 0.25) is 0 Å². The maximum atomic E-state index is 11.9. The van der Waals surface area contributed by atoms with Crippen molar-refractivity contribution in [1.29, 1.82) is 0 Å². The Kier molecular flexibility index (Phi) is 5.53. The SMILES string of the molecule is Cc1ccc(S(=O)(=O)O[I-]OCc2ccccc2)cc1. The fourth-order valence-electron chi connectivity index (χ4n) is 1.45. The van der Waals surface area contributed by atoms with Crippen LogP contribution in [0.1, 0.15) is 11.1 Å². The van der Waals surface area contributed by atoms with Gasteiger partial charge >= 0.3 is 130 Å². The second-order valence-corrected chi connectivity index (χ2v) is 7.70. The van der Waals surface area contributed by atoms with E-state index in [2.05, 4.69) is 0 Å². The summed E-state index contributed by atoms with van der Waals surface area (Å²) in [7, 11) is -3.71. The van der Waals surface area contributed by atoms with Gasteiger partial charge in [-0.05, 0) is 0 Å². The predicted octanol–water partition coefficient (Wildman–Crippen LogP) is -0.164. The molecule has 0 saturated heterocycles. The number of hydrogen-bond acceptors (Lipinski definition) is 4. The monoisotopic (exact) mass is 405 g/mol. The second kappa shape index (κ2) is 7.16. The molecule has 0 bridgehead atoms. The summed E-state index contributed by atoms with van der Waals surface area (Å²) >= 11 is -1.31. The molecule has 0 atom stereocenters. The molecule has 0 amide bonds. The molecule has 6 heteroatoms. The van der Waals surface area contributed by atoms with Crippen LogP contribution in [-0.4, -0.2) is 8.42 Å². The summed E-state index contributed by atoms with van der Waals surface area (Å²) in [6.45, 7) is 2.25. The quantitative estimate of drug-likeness (QED) is 0.495. The summed E-state index contributed by atoms with van der Waals surface area (Å²) < 4.78 is 34.0. The van der Waals surface area contributed by atoms with Gasteiger partial charge in [0.15, 0.2) is 0 Å². The van der Waals surface area contributed by atoms with Crippen molar-refractivity contribution in [2.75, 3.05) is 0 Å². The van der Waals surface area contributed by atoms with Crippen LogP contribution >= 0.6 is 0 Å². The molecule has 2 aromatic carbocycles. The average Bonchev–Trinajstić information content (AvgIpc) is 2.45. The molecule has 2 rings (SSSR count). The Morgan fingerprint density at radius 3 is 2.30 bits per heavy atom. The zero-order valence-corrected chi connectivity index (χ0v) is 13.8. The molecule has 0 fully saturated rings. The molecular weight excluding hydrogens is 391 g/mol. The van der Waals surface area contributed by atoms with Gasteiger partial charge in [-0.3, -0.25) is 0 Å². The Morgan fingerprint density at radius 1 is 1.00 bits per heavy atom. The van der Waals surface area contributed by atoms with E-state index in [0.29, 0.717) is 6.61 Å². The van der Waals surface area contributed by atoms with E-state index in [4.69, 9.17) is 5.58 Å². The molecule has 4 nitrogen and oxygen atoms in total. The van der Waals surface area contributed by atoms with Gasteiger partial charge < -0.3 is 0 Å². The third-order valence-corrected chi connectivity index (χ3v) is 6.02. The van der Waals surface area contributed by atoms with Gasteiger partial charge in [-0.1, -0.05) is 0 Å². The summed E-state index contributed by atoms with van der Waals surface area (Å²) in [6.07, 6.45) is 0. The van der Waals surface area contributed by atoms with Crippen molar-refractivity contribution in [2.45, 2.75) is 18.4 Å². The van der Waals surface area contributed by atoms with E-state index in [1.165, 1.54) is 12.1 Å². The number of aryl methyl sites for hydroxylation is 1. The van der Waals surface area contributed by atoms with Crippen LogP contribution in [0.4, 0.5) is 0 Å². The van der Waals surface area contributed by atoms with Crippen LogP contribution < -0.4 is 22.0 Å². The van der Waals surface area contributed by atoms with E-state index in [9.17, 15) is 8.42 Å². The van der Waals surface area contributed by atoms with Crippen LogP contribution in [-0.2, 0) is 22.3 Å². The normalized spacial score (nSPS) is 11.7. The Morgan fingerprint density at radius 2 is 1.65 bits per heavy atom. The number of rotatable bonds is 6. The Labute approximate surface area is 130 Å². The predicted molar refractivity (Wildman–Crippen MR) is 70.7 cm³/mol. The zero-order valence-electron chi connectivity index (χ0n) is 10.8. The fraction of sp³-hybridized carbons (Fsp3) is 0.143. The molecule has 2 aromatic rings. The van der Waals surface area contributed by atoms with Crippen molar-refractivity contribution in [1.82, 2.24) is 0 Å². The molecule has 0 spiro atoms. The molecule has 20 heavy (non-hydrogen) atoms. The minimum atomic E-state index is -3.71. The number of benzene rings is 2. The molecule has 0 aliphatic rings. The van der Waals surface area contributed by atoms with Gasteiger partial charge in [0, 0.05) is 0 Å². The first-order valence-corrected chi connectivity index (χ1v) is 9.06. The van der Waals surface area contributed by atoms with Gasteiger partial charge in [0.05, 0.1) is 0 Å². The van der Waals surface area contributed by atoms with Crippen molar-refractivity contribution < 1.29 is 36.0 Å². The van der Waals surface area contributed by atoms with Crippen molar-refractivity contribution in [3.8, 4) is 0 Å². The molecule has 0 unspecified atom stereocenters. The summed E-state index contributed by atoms with van der Waals surface area (Å²) in [6, 6.07) is 16.1. The molecule has 0 aromatic heterocycles. The van der Waals surface area contributed by atoms with E-state index in [1.54, 1.807) is 12.1 Å². The Balaban J connectivity index is 1.85.